The quantitative estimate of drug-likeness (QED) is 0.372. The van der Waals surface area contributed by atoms with Crippen LogP contribution in [-0.4, -0.2) is 25.7 Å². The molecule has 0 fully saturated rings. The van der Waals surface area contributed by atoms with E-state index in [0.717, 1.165) is 16.8 Å². The van der Waals surface area contributed by atoms with Crippen molar-refractivity contribution >= 4 is 34.3 Å². The molecule has 1 atom stereocenters. The fourth-order valence-corrected chi connectivity index (χ4v) is 4.06. The van der Waals surface area contributed by atoms with Crippen molar-refractivity contribution in [2.45, 2.75) is 31.2 Å². The summed E-state index contributed by atoms with van der Waals surface area (Å²) in [5, 5.41) is 3.41. The van der Waals surface area contributed by atoms with Crippen molar-refractivity contribution in [3.63, 3.8) is 0 Å². The molecule has 0 aliphatic rings. The Balaban J connectivity index is 1.73. The van der Waals surface area contributed by atoms with Gasteiger partial charge in [-0.05, 0) is 56.2 Å². The summed E-state index contributed by atoms with van der Waals surface area (Å²) in [7, 11) is 0. The second-order valence-corrected chi connectivity index (χ2v) is 8.62. The SMILES string of the molecule is Cc1ccc(-n2c(S[C@@H](C)C(=O)Nc3ccccc3C)nc3ccccc3c2=O)nc1. The van der Waals surface area contributed by atoms with Crippen LogP contribution in [0, 0.1) is 13.8 Å². The number of thioether (sulfide) groups is 1. The first-order chi connectivity index (χ1) is 14.9. The van der Waals surface area contributed by atoms with E-state index < -0.39 is 5.25 Å². The van der Waals surface area contributed by atoms with Crippen LogP contribution >= 0.6 is 11.8 Å². The molecule has 0 radical (unpaired) electrons. The highest BCUT2D eigenvalue weighted by Crippen LogP contribution is 2.26. The Kier molecular flexibility index (Phi) is 5.86. The van der Waals surface area contributed by atoms with Crippen molar-refractivity contribution in [1.29, 1.82) is 0 Å². The molecular weight excluding hydrogens is 408 g/mol. The number of hydrogen-bond acceptors (Lipinski definition) is 5. The summed E-state index contributed by atoms with van der Waals surface area (Å²) in [6.45, 7) is 5.68. The number of hydrogen-bond donors (Lipinski definition) is 1. The number of carbonyl (C=O) groups excluding carboxylic acids is 1. The first kappa shape index (κ1) is 20.8. The molecule has 0 saturated heterocycles. The van der Waals surface area contributed by atoms with Gasteiger partial charge in [-0.25, -0.2) is 14.5 Å². The first-order valence-electron chi connectivity index (χ1n) is 9.92. The first-order valence-corrected chi connectivity index (χ1v) is 10.8. The molecule has 2 heterocycles. The van der Waals surface area contributed by atoms with E-state index in [1.807, 2.05) is 56.3 Å². The van der Waals surface area contributed by atoms with Crippen molar-refractivity contribution in [2.75, 3.05) is 5.32 Å². The lowest BCUT2D eigenvalue weighted by molar-refractivity contribution is -0.115. The van der Waals surface area contributed by atoms with Gasteiger partial charge < -0.3 is 5.32 Å². The van der Waals surface area contributed by atoms with Gasteiger partial charge in [0.1, 0.15) is 5.82 Å². The maximum atomic E-state index is 13.3. The average Bonchev–Trinajstić information content (AvgIpc) is 2.76. The molecule has 156 valence electrons. The van der Waals surface area contributed by atoms with E-state index in [0.29, 0.717) is 21.9 Å². The molecule has 4 aromatic rings. The third-order valence-corrected chi connectivity index (χ3v) is 5.98. The third-order valence-electron chi connectivity index (χ3n) is 4.92. The van der Waals surface area contributed by atoms with Crippen LogP contribution in [-0.2, 0) is 4.79 Å². The zero-order chi connectivity index (χ0) is 22.0. The van der Waals surface area contributed by atoms with Gasteiger partial charge in [0.2, 0.25) is 5.91 Å². The molecule has 31 heavy (non-hydrogen) atoms. The van der Waals surface area contributed by atoms with E-state index in [1.165, 1.54) is 16.3 Å². The number of pyridine rings is 1. The Hall–Kier alpha value is -3.45. The number of nitrogens with one attached hydrogen (secondary N) is 1. The lowest BCUT2D eigenvalue weighted by Crippen LogP contribution is -2.26. The number of amides is 1. The van der Waals surface area contributed by atoms with Gasteiger partial charge in [0.25, 0.3) is 5.56 Å². The molecule has 4 rings (SSSR count). The lowest BCUT2D eigenvalue weighted by Gasteiger charge is -2.16. The van der Waals surface area contributed by atoms with Crippen LogP contribution in [0.2, 0.25) is 0 Å². The van der Waals surface area contributed by atoms with E-state index in [1.54, 1.807) is 31.3 Å². The zero-order valence-electron chi connectivity index (χ0n) is 17.5. The number of carbonyl (C=O) groups is 1. The summed E-state index contributed by atoms with van der Waals surface area (Å²) in [6.07, 6.45) is 1.71. The van der Waals surface area contributed by atoms with Gasteiger partial charge in [0.05, 0.1) is 16.2 Å². The largest absolute Gasteiger partial charge is 0.325 e. The van der Waals surface area contributed by atoms with Crippen LogP contribution in [0.3, 0.4) is 0 Å². The predicted molar refractivity (Wildman–Crippen MR) is 125 cm³/mol. The molecule has 6 nitrogen and oxygen atoms in total. The molecule has 0 aliphatic carbocycles. The maximum Gasteiger partial charge on any atom is 0.267 e. The van der Waals surface area contributed by atoms with E-state index >= 15 is 0 Å². The van der Waals surface area contributed by atoms with Crippen LogP contribution in [0.25, 0.3) is 16.7 Å². The second kappa shape index (κ2) is 8.73. The summed E-state index contributed by atoms with van der Waals surface area (Å²) in [5.74, 6) is 0.313. The Labute approximate surface area is 184 Å². The fraction of sp³-hybridized carbons (Fsp3) is 0.167. The number of aryl methyl sites for hydroxylation is 2. The number of benzene rings is 2. The molecule has 2 aromatic carbocycles. The van der Waals surface area contributed by atoms with Crippen molar-refractivity contribution < 1.29 is 4.79 Å². The number of rotatable bonds is 5. The van der Waals surface area contributed by atoms with Crippen molar-refractivity contribution in [1.82, 2.24) is 14.5 Å². The number of fused-ring (bicyclic) bond motifs is 1. The highest BCUT2D eigenvalue weighted by molar-refractivity contribution is 8.00. The van der Waals surface area contributed by atoms with Gasteiger partial charge in [-0.1, -0.05) is 48.2 Å². The van der Waals surface area contributed by atoms with Crippen LogP contribution in [0.15, 0.2) is 76.8 Å². The molecular formula is C24H22N4O2S. The Morgan fingerprint density at radius 2 is 1.77 bits per heavy atom. The number of nitrogens with zero attached hydrogens (tertiary/aromatic N) is 3. The standard InChI is InChI=1S/C24H22N4O2S/c1-15-12-13-21(25-14-15)28-23(30)18-9-5-7-11-20(18)27-24(28)31-17(3)22(29)26-19-10-6-4-8-16(19)2/h4-14,17H,1-3H3,(H,26,29)/t17-/m0/s1. The van der Waals surface area contributed by atoms with Crippen LogP contribution < -0.4 is 10.9 Å². The second-order valence-electron chi connectivity index (χ2n) is 7.31. The highest BCUT2D eigenvalue weighted by atomic mass is 32.2. The molecule has 0 spiro atoms. The molecule has 0 bridgehead atoms. The van der Waals surface area contributed by atoms with Crippen LogP contribution in [0.1, 0.15) is 18.1 Å². The highest BCUT2D eigenvalue weighted by Gasteiger charge is 2.21. The van der Waals surface area contributed by atoms with Gasteiger partial charge in [-0.3, -0.25) is 9.59 Å². The number of aromatic nitrogens is 3. The van der Waals surface area contributed by atoms with Gasteiger partial charge in [-0.2, -0.15) is 0 Å². The maximum absolute atomic E-state index is 13.3. The predicted octanol–water partition coefficient (Wildman–Crippen LogP) is 4.52. The third kappa shape index (κ3) is 4.36. The van der Waals surface area contributed by atoms with E-state index in [9.17, 15) is 9.59 Å². The molecule has 1 amide bonds. The Morgan fingerprint density at radius 1 is 1.03 bits per heavy atom. The fourth-order valence-electron chi connectivity index (χ4n) is 3.14. The number of para-hydroxylation sites is 2. The van der Waals surface area contributed by atoms with Crippen LogP contribution in [0.4, 0.5) is 5.69 Å². The molecule has 0 saturated carbocycles. The lowest BCUT2D eigenvalue weighted by atomic mass is 10.2. The summed E-state index contributed by atoms with van der Waals surface area (Å²) in [5.41, 5.74) is 3.12. The minimum Gasteiger partial charge on any atom is -0.325 e. The monoisotopic (exact) mass is 430 g/mol. The van der Waals surface area contributed by atoms with E-state index in [-0.39, 0.29) is 11.5 Å². The van der Waals surface area contributed by atoms with E-state index in [4.69, 9.17) is 0 Å². The Bertz CT molecular complexity index is 1320. The van der Waals surface area contributed by atoms with Crippen molar-refractivity contribution in [3.8, 4) is 5.82 Å². The van der Waals surface area contributed by atoms with Gasteiger partial charge in [0.15, 0.2) is 5.16 Å². The van der Waals surface area contributed by atoms with Gasteiger partial charge >= 0.3 is 0 Å². The normalized spacial score (nSPS) is 12.0. The Morgan fingerprint density at radius 3 is 2.52 bits per heavy atom. The minimum absolute atomic E-state index is 0.162. The molecule has 0 aliphatic heterocycles. The van der Waals surface area contributed by atoms with Crippen LogP contribution in [0.5, 0.6) is 0 Å². The van der Waals surface area contributed by atoms with Gasteiger partial charge in [0, 0.05) is 11.9 Å². The average molecular weight is 431 g/mol. The molecule has 1 N–H and O–H groups in total. The summed E-state index contributed by atoms with van der Waals surface area (Å²) in [6, 6.07) is 18.5. The smallest absolute Gasteiger partial charge is 0.267 e. The molecule has 0 unspecified atom stereocenters. The zero-order valence-corrected chi connectivity index (χ0v) is 18.3. The topological polar surface area (TPSA) is 76.9 Å². The minimum atomic E-state index is -0.482. The molecule has 2 aromatic heterocycles. The summed E-state index contributed by atoms with van der Waals surface area (Å²) < 4.78 is 1.48. The number of anilines is 1. The van der Waals surface area contributed by atoms with Crippen molar-refractivity contribution in [2.24, 2.45) is 0 Å². The van der Waals surface area contributed by atoms with Gasteiger partial charge in [-0.15, -0.1) is 0 Å². The molecule has 7 heteroatoms. The summed E-state index contributed by atoms with van der Waals surface area (Å²) >= 11 is 1.23. The van der Waals surface area contributed by atoms with Crippen molar-refractivity contribution in [3.05, 3.63) is 88.3 Å². The summed E-state index contributed by atoms with van der Waals surface area (Å²) in [4.78, 5) is 35.2. The van der Waals surface area contributed by atoms with E-state index in [2.05, 4.69) is 15.3 Å².